The second-order valence-corrected chi connectivity index (χ2v) is 11.8. The van der Waals surface area contributed by atoms with Crippen molar-refractivity contribution in [3.8, 4) is 0 Å². The highest BCUT2D eigenvalue weighted by Crippen LogP contribution is 2.26. The molecule has 0 unspecified atom stereocenters. The molecule has 0 aliphatic carbocycles. The first-order chi connectivity index (χ1) is 18.6. The fourth-order valence-corrected chi connectivity index (χ4v) is 5.74. The molecule has 1 N–H and O–H groups in total. The lowest BCUT2D eigenvalue weighted by Crippen LogP contribution is -2.53. The van der Waals surface area contributed by atoms with Crippen LogP contribution in [0, 0.1) is 6.92 Å². The van der Waals surface area contributed by atoms with Gasteiger partial charge in [0.05, 0.1) is 10.6 Å². The predicted octanol–water partition coefficient (Wildman–Crippen LogP) is 5.57. The van der Waals surface area contributed by atoms with Crippen molar-refractivity contribution in [2.45, 2.75) is 64.1 Å². The molecule has 0 bridgehead atoms. The maximum absolute atomic E-state index is 14.0. The molecule has 7 nitrogen and oxygen atoms in total. The van der Waals surface area contributed by atoms with Gasteiger partial charge in [-0.05, 0) is 62.6 Å². The van der Waals surface area contributed by atoms with Gasteiger partial charge in [-0.3, -0.25) is 13.9 Å². The van der Waals surface area contributed by atoms with Crippen LogP contribution in [0.1, 0.15) is 44.7 Å². The van der Waals surface area contributed by atoms with Crippen molar-refractivity contribution in [1.29, 1.82) is 0 Å². The summed E-state index contributed by atoms with van der Waals surface area (Å²) in [5.41, 5.74) is 1.93. The molecule has 9 heteroatoms. The number of sulfonamides is 1. The Labute approximate surface area is 236 Å². The normalized spacial score (nSPS) is 12.8. The van der Waals surface area contributed by atoms with Gasteiger partial charge in [0.2, 0.25) is 11.8 Å². The molecule has 3 aromatic carbocycles. The van der Waals surface area contributed by atoms with Crippen LogP contribution in [-0.4, -0.2) is 43.8 Å². The number of halogens is 1. The van der Waals surface area contributed by atoms with E-state index in [2.05, 4.69) is 5.32 Å². The number of rotatable bonds is 12. The van der Waals surface area contributed by atoms with E-state index in [-0.39, 0.29) is 23.4 Å². The SMILES string of the molecule is CC[C@@H](C)NC(=O)[C@@H](CC)N(Cc1ccccc1Cl)C(=O)CN(c1ccccc1)S(=O)(=O)c1ccc(C)cc1. The molecular formula is C30H36ClN3O4S. The standard InChI is InChI=1S/C30H36ClN3O4S/c1-5-23(4)32-30(36)28(6-2)33(20-24-12-10-11-15-27(24)31)29(35)21-34(25-13-8-7-9-14-25)39(37,38)26-18-16-22(3)17-19-26/h7-19,23,28H,5-6,20-21H2,1-4H3,(H,32,36)/t23-,28-/m1/s1. The summed E-state index contributed by atoms with van der Waals surface area (Å²) >= 11 is 6.43. The molecule has 3 aromatic rings. The third kappa shape index (κ3) is 7.61. The van der Waals surface area contributed by atoms with Crippen LogP contribution >= 0.6 is 11.6 Å². The van der Waals surface area contributed by atoms with Crippen molar-refractivity contribution in [3.63, 3.8) is 0 Å². The summed E-state index contributed by atoms with van der Waals surface area (Å²) in [6.45, 7) is 7.13. The average molecular weight is 570 g/mol. The molecule has 0 radical (unpaired) electrons. The summed E-state index contributed by atoms with van der Waals surface area (Å²) < 4.78 is 28.8. The number of hydrogen-bond donors (Lipinski definition) is 1. The quantitative estimate of drug-likeness (QED) is 0.309. The number of anilines is 1. The smallest absolute Gasteiger partial charge is 0.264 e. The van der Waals surface area contributed by atoms with E-state index in [0.717, 1.165) is 16.3 Å². The molecule has 0 fully saturated rings. The van der Waals surface area contributed by atoms with Gasteiger partial charge in [-0.2, -0.15) is 0 Å². The molecule has 39 heavy (non-hydrogen) atoms. The minimum Gasteiger partial charge on any atom is -0.352 e. The average Bonchev–Trinajstić information content (AvgIpc) is 2.93. The molecule has 208 valence electrons. The number of nitrogens with one attached hydrogen (secondary N) is 1. The second kappa shape index (κ2) is 13.6. The first kappa shape index (κ1) is 30.2. The van der Waals surface area contributed by atoms with Gasteiger partial charge in [0.25, 0.3) is 10.0 Å². The van der Waals surface area contributed by atoms with Gasteiger partial charge in [-0.1, -0.05) is 79.5 Å². The van der Waals surface area contributed by atoms with E-state index in [0.29, 0.717) is 22.7 Å². The van der Waals surface area contributed by atoms with Crippen molar-refractivity contribution < 1.29 is 18.0 Å². The Morgan fingerprint density at radius 3 is 2.10 bits per heavy atom. The molecule has 0 aromatic heterocycles. The zero-order valence-electron chi connectivity index (χ0n) is 22.8. The first-order valence-electron chi connectivity index (χ1n) is 13.1. The predicted molar refractivity (Wildman–Crippen MR) is 156 cm³/mol. The summed E-state index contributed by atoms with van der Waals surface area (Å²) in [7, 11) is -4.10. The number of amides is 2. The summed E-state index contributed by atoms with van der Waals surface area (Å²) in [6.07, 6.45) is 1.08. The van der Waals surface area contributed by atoms with Gasteiger partial charge >= 0.3 is 0 Å². The van der Waals surface area contributed by atoms with E-state index >= 15 is 0 Å². The van der Waals surface area contributed by atoms with E-state index in [4.69, 9.17) is 11.6 Å². The maximum atomic E-state index is 14.0. The third-order valence-electron chi connectivity index (χ3n) is 6.62. The van der Waals surface area contributed by atoms with Crippen LogP contribution in [0.4, 0.5) is 5.69 Å². The number of hydrogen-bond acceptors (Lipinski definition) is 4. The lowest BCUT2D eigenvalue weighted by Gasteiger charge is -2.34. The van der Waals surface area contributed by atoms with E-state index in [1.165, 1.54) is 17.0 Å². The van der Waals surface area contributed by atoms with Gasteiger partial charge in [0.1, 0.15) is 12.6 Å². The van der Waals surface area contributed by atoms with E-state index < -0.39 is 28.5 Å². The highest BCUT2D eigenvalue weighted by atomic mass is 35.5. The van der Waals surface area contributed by atoms with Gasteiger partial charge in [-0.25, -0.2) is 8.42 Å². The molecule has 0 heterocycles. The van der Waals surface area contributed by atoms with Crippen molar-refractivity contribution in [1.82, 2.24) is 10.2 Å². The van der Waals surface area contributed by atoms with Crippen LogP contribution in [0.2, 0.25) is 5.02 Å². The van der Waals surface area contributed by atoms with Crippen molar-refractivity contribution in [2.75, 3.05) is 10.8 Å². The van der Waals surface area contributed by atoms with Crippen LogP contribution in [-0.2, 0) is 26.2 Å². The Morgan fingerprint density at radius 1 is 0.897 bits per heavy atom. The second-order valence-electron chi connectivity index (χ2n) is 9.52. The largest absolute Gasteiger partial charge is 0.352 e. The summed E-state index contributed by atoms with van der Waals surface area (Å²) in [4.78, 5) is 28.8. The Morgan fingerprint density at radius 2 is 1.51 bits per heavy atom. The van der Waals surface area contributed by atoms with Crippen LogP contribution in [0.25, 0.3) is 0 Å². The lowest BCUT2D eigenvalue weighted by atomic mass is 10.1. The summed E-state index contributed by atoms with van der Waals surface area (Å²) in [5.74, 6) is -0.805. The van der Waals surface area contributed by atoms with Crippen LogP contribution in [0.15, 0.2) is 83.8 Å². The van der Waals surface area contributed by atoms with Crippen LogP contribution in [0.5, 0.6) is 0 Å². The molecular weight excluding hydrogens is 534 g/mol. The molecule has 3 rings (SSSR count). The van der Waals surface area contributed by atoms with Gasteiger partial charge in [-0.15, -0.1) is 0 Å². The van der Waals surface area contributed by atoms with Crippen molar-refractivity contribution >= 4 is 39.1 Å². The molecule has 0 saturated carbocycles. The minimum atomic E-state index is -4.10. The monoisotopic (exact) mass is 569 g/mol. The molecule has 0 spiro atoms. The number of carbonyl (C=O) groups excluding carboxylic acids is 2. The Hall–Kier alpha value is -3.36. The fraction of sp³-hybridized carbons (Fsp3) is 0.333. The Kier molecular flexibility index (Phi) is 10.5. The molecule has 0 aliphatic rings. The highest BCUT2D eigenvalue weighted by Gasteiger charge is 2.34. The van der Waals surface area contributed by atoms with Gasteiger partial charge in [0.15, 0.2) is 0 Å². The molecule has 2 atom stereocenters. The topological polar surface area (TPSA) is 86.8 Å². The number of benzene rings is 3. The Bertz CT molecular complexity index is 1360. The van der Waals surface area contributed by atoms with E-state index in [1.54, 1.807) is 60.7 Å². The lowest BCUT2D eigenvalue weighted by molar-refractivity contribution is -0.140. The molecule has 2 amide bonds. The minimum absolute atomic E-state index is 0.0537. The Balaban J connectivity index is 2.04. The fourth-order valence-electron chi connectivity index (χ4n) is 4.13. The number of nitrogens with zero attached hydrogens (tertiary/aromatic N) is 2. The maximum Gasteiger partial charge on any atom is 0.264 e. The van der Waals surface area contributed by atoms with Crippen LogP contribution < -0.4 is 9.62 Å². The molecule has 0 aliphatic heterocycles. The van der Waals surface area contributed by atoms with Gasteiger partial charge in [0, 0.05) is 17.6 Å². The summed E-state index contributed by atoms with van der Waals surface area (Å²) in [5, 5.41) is 3.42. The third-order valence-corrected chi connectivity index (χ3v) is 8.77. The number of para-hydroxylation sites is 1. The zero-order chi connectivity index (χ0) is 28.6. The van der Waals surface area contributed by atoms with E-state index in [1.807, 2.05) is 33.8 Å². The van der Waals surface area contributed by atoms with Crippen molar-refractivity contribution in [2.24, 2.45) is 0 Å². The zero-order valence-corrected chi connectivity index (χ0v) is 24.4. The van der Waals surface area contributed by atoms with Gasteiger partial charge < -0.3 is 10.2 Å². The molecule has 0 saturated heterocycles. The highest BCUT2D eigenvalue weighted by molar-refractivity contribution is 7.92. The van der Waals surface area contributed by atoms with Crippen LogP contribution in [0.3, 0.4) is 0 Å². The first-order valence-corrected chi connectivity index (χ1v) is 14.9. The summed E-state index contributed by atoms with van der Waals surface area (Å²) in [6, 6.07) is 21.2. The number of carbonyl (C=O) groups is 2. The van der Waals surface area contributed by atoms with E-state index in [9.17, 15) is 18.0 Å². The van der Waals surface area contributed by atoms with Crippen molar-refractivity contribution in [3.05, 3.63) is 95.0 Å². The number of aryl methyl sites for hydroxylation is 1.